The van der Waals surface area contributed by atoms with Crippen LogP contribution in [-0.2, 0) is 22.2 Å². The van der Waals surface area contributed by atoms with Gasteiger partial charge in [0.1, 0.15) is 0 Å². The SMILES string of the molecule is CN(c1cc(CO)cc(C(C)(C)O)c1)S(C)(=O)=O. The lowest BCUT2D eigenvalue weighted by Crippen LogP contribution is -2.26. The molecule has 0 aliphatic heterocycles. The zero-order chi connectivity index (χ0) is 14.1. The topological polar surface area (TPSA) is 77.8 Å². The van der Waals surface area contributed by atoms with E-state index in [4.69, 9.17) is 0 Å². The Morgan fingerprint density at radius 2 is 1.83 bits per heavy atom. The first-order valence-corrected chi connectivity index (χ1v) is 7.32. The van der Waals surface area contributed by atoms with Crippen molar-refractivity contribution in [1.82, 2.24) is 0 Å². The predicted octanol–water partition coefficient (Wildman–Crippen LogP) is 0.802. The van der Waals surface area contributed by atoms with Crippen molar-refractivity contribution in [2.75, 3.05) is 17.6 Å². The van der Waals surface area contributed by atoms with Crippen LogP contribution in [-0.4, -0.2) is 31.9 Å². The van der Waals surface area contributed by atoms with E-state index in [1.807, 2.05) is 0 Å². The number of aliphatic hydroxyl groups excluding tert-OH is 1. The molecule has 18 heavy (non-hydrogen) atoms. The van der Waals surface area contributed by atoms with Gasteiger partial charge in [-0.1, -0.05) is 6.07 Å². The van der Waals surface area contributed by atoms with E-state index in [1.54, 1.807) is 32.0 Å². The molecule has 0 atom stereocenters. The first kappa shape index (κ1) is 14.9. The Kier molecular flexibility index (Phi) is 4.05. The van der Waals surface area contributed by atoms with Gasteiger partial charge in [0, 0.05) is 7.05 Å². The summed E-state index contributed by atoms with van der Waals surface area (Å²) in [5, 5.41) is 19.2. The van der Waals surface area contributed by atoms with Gasteiger partial charge in [0.15, 0.2) is 0 Å². The highest BCUT2D eigenvalue weighted by molar-refractivity contribution is 7.92. The van der Waals surface area contributed by atoms with Crippen LogP contribution in [0.1, 0.15) is 25.0 Å². The molecule has 6 heteroatoms. The molecule has 0 spiro atoms. The van der Waals surface area contributed by atoms with Crippen molar-refractivity contribution >= 4 is 15.7 Å². The molecule has 102 valence electrons. The zero-order valence-electron chi connectivity index (χ0n) is 11.0. The van der Waals surface area contributed by atoms with Gasteiger partial charge in [-0.2, -0.15) is 0 Å². The number of sulfonamides is 1. The van der Waals surface area contributed by atoms with Gasteiger partial charge < -0.3 is 10.2 Å². The zero-order valence-corrected chi connectivity index (χ0v) is 11.8. The van der Waals surface area contributed by atoms with Crippen LogP contribution >= 0.6 is 0 Å². The Morgan fingerprint density at radius 3 is 2.22 bits per heavy atom. The molecule has 2 N–H and O–H groups in total. The molecule has 0 saturated carbocycles. The van der Waals surface area contributed by atoms with Crippen molar-refractivity contribution in [2.45, 2.75) is 26.1 Å². The van der Waals surface area contributed by atoms with E-state index in [-0.39, 0.29) is 6.61 Å². The summed E-state index contributed by atoms with van der Waals surface area (Å²) in [5.74, 6) is 0. The van der Waals surface area contributed by atoms with Gasteiger partial charge in [0.2, 0.25) is 10.0 Å². The molecule has 0 aliphatic carbocycles. The Morgan fingerprint density at radius 1 is 1.28 bits per heavy atom. The van der Waals surface area contributed by atoms with Crippen LogP contribution in [0.4, 0.5) is 5.69 Å². The Balaban J connectivity index is 3.38. The highest BCUT2D eigenvalue weighted by atomic mass is 32.2. The van der Waals surface area contributed by atoms with Crippen LogP contribution in [0.2, 0.25) is 0 Å². The number of hydrogen-bond acceptors (Lipinski definition) is 4. The molecule has 0 unspecified atom stereocenters. The highest BCUT2D eigenvalue weighted by Gasteiger charge is 2.20. The summed E-state index contributed by atoms with van der Waals surface area (Å²) in [5.41, 5.74) is 0.430. The Hall–Kier alpha value is -1.11. The molecule has 0 fully saturated rings. The average molecular weight is 273 g/mol. The van der Waals surface area contributed by atoms with Crippen LogP contribution in [0.5, 0.6) is 0 Å². The number of nitrogens with zero attached hydrogens (tertiary/aromatic N) is 1. The third kappa shape index (κ3) is 3.44. The molecule has 1 aromatic rings. The van der Waals surface area contributed by atoms with Gasteiger partial charge in [-0.05, 0) is 37.1 Å². The lowest BCUT2D eigenvalue weighted by Gasteiger charge is -2.23. The maximum Gasteiger partial charge on any atom is 0.231 e. The van der Waals surface area contributed by atoms with E-state index in [0.29, 0.717) is 16.8 Å². The second kappa shape index (κ2) is 4.87. The lowest BCUT2D eigenvalue weighted by atomic mass is 9.96. The summed E-state index contributed by atoms with van der Waals surface area (Å²) in [6.07, 6.45) is 1.10. The van der Waals surface area contributed by atoms with Crippen LogP contribution in [0, 0.1) is 0 Å². The molecule has 1 aromatic carbocycles. The van der Waals surface area contributed by atoms with E-state index in [1.165, 1.54) is 7.05 Å². The van der Waals surface area contributed by atoms with Crippen LogP contribution in [0.25, 0.3) is 0 Å². The fraction of sp³-hybridized carbons (Fsp3) is 0.500. The van der Waals surface area contributed by atoms with Gasteiger partial charge in [0.25, 0.3) is 0 Å². The van der Waals surface area contributed by atoms with Gasteiger partial charge in [-0.3, -0.25) is 4.31 Å². The van der Waals surface area contributed by atoms with E-state index >= 15 is 0 Å². The first-order chi connectivity index (χ1) is 8.05. The largest absolute Gasteiger partial charge is 0.392 e. The van der Waals surface area contributed by atoms with E-state index in [0.717, 1.165) is 10.6 Å². The summed E-state index contributed by atoms with van der Waals surface area (Å²) in [6, 6.07) is 4.83. The summed E-state index contributed by atoms with van der Waals surface area (Å²) in [4.78, 5) is 0. The summed E-state index contributed by atoms with van der Waals surface area (Å²) in [6.45, 7) is 3.00. The Labute approximate surface area is 108 Å². The predicted molar refractivity (Wildman–Crippen MR) is 70.9 cm³/mol. The lowest BCUT2D eigenvalue weighted by molar-refractivity contribution is 0.0784. The molecular weight excluding hydrogens is 254 g/mol. The maximum absolute atomic E-state index is 11.5. The van der Waals surface area contributed by atoms with Crippen molar-refractivity contribution < 1.29 is 18.6 Å². The van der Waals surface area contributed by atoms with E-state index < -0.39 is 15.6 Å². The van der Waals surface area contributed by atoms with Crippen molar-refractivity contribution in [1.29, 1.82) is 0 Å². The van der Waals surface area contributed by atoms with E-state index in [2.05, 4.69) is 0 Å². The Bertz CT molecular complexity index is 531. The summed E-state index contributed by atoms with van der Waals surface area (Å²) >= 11 is 0. The van der Waals surface area contributed by atoms with Crippen molar-refractivity contribution in [3.05, 3.63) is 29.3 Å². The first-order valence-electron chi connectivity index (χ1n) is 5.47. The molecule has 0 amide bonds. The van der Waals surface area contributed by atoms with Crippen molar-refractivity contribution in [3.8, 4) is 0 Å². The van der Waals surface area contributed by atoms with Crippen molar-refractivity contribution in [3.63, 3.8) is 0 Å². The van der Waals surface area contributed by atoms with Crippen molar-refractivity contribution in [2.24, 2.45) is 0 Å². The molecule has 0 aromatic heterocycles. The van der Waals surface area contributed by atoms with E-state index in [9.17, 15) is 18.6 Å². The molecular formula is C12H19NO4S. The maximum atomic E-state index is 11.5. The van der Waals surface area contributed by atoms with Crippen LogP contribution in [0.3, 0.4) is 0 Å². The average Bonchev–Trinajstić information content (AvgIpc) is 2.25. The minimum absolute atomic E-state index is 0.214. The fourth-order valence-corrected chi connectivity index (χ4v) is 1.98. The number of benzene rings is 1. The summed E-state index contributed by atoms with van der Waals surface area (Å²) < 4.78 is 24.1. The summed E-state index contributed by atoms with van der Waals surface area (Å²) in [7, 11) is -1.94. The van der Waals surface area contributed by atoms with Gasteiger partial charge >= 0.3 is 0 Å². The number of hydrogen-bond donors (Lipinski definition) is 2. The second-order valence-electron chi connectivity index (χ2n) is 4.84. The van der Waals surface area contributed by atoms with Gasteiger partial charge in [-0.25, -0.2) is 8.42 Å². The van der Waals surface area contributed by atoms with Crippen LogP contribution in [0.15, 0.2) is 18.2 Å². The molecule has 0 bridgehead atoms. The number of anilines is 1. The second-order valence-corrected chi connectivity index (χ2v) is 6.85. The third-order valence-electron chi connectivity index (χ3n) is 2.73. The van der Waals surface area contributed by atoms with Gasteiger partial charge in [0.05, 0.1) is 24.2 Å². The minimum atomic E-state index is -3.37. The monoisotopic (exact) mass is 273 g/mol. The standard InChI is InChI=1S/C12H19NO4S/c1-12(2,15)10-5-9(8-14)6-11(7-10)13(3)18(4,16)17/h5-7,14-15H,8H2,1-4H3. The third-order valence-corrected chi connectivity index (χ3v) is 3.93. The van der Waals surface area contributed by atoms with Crippen LogP contribution < -0.4 is 4.31 Å². The highest BCUT2D eigenvalue weighted by Crippen LogP contribution is 2.27. The number of aliphatic hydroxyl groups is 2. The quantitative estimate of drug-likeness (QED) is 0.850. The molecule has 5 nitrogen and oxygen atoms in total. The minimum Gasteiger partial charge on any atom is -0.392 e. The fourth-order valence-electron chi connectivity index (χ4n) is 1.49. The molecule has 0 saturated heterocycles. The molecule has 1 rings (SSSR count). The smallest absolute Gasteiger partial charge is 0.231 e. The molecule has 0 radical (unpaired) electrons. The normalized spacial score (nSPS) is 12.6. The number of rotatable bonds is 4. The van der Waals surface area contributed by atoms with Gasteiger partial charge in [-0.15, -0.1) is 0 Å². The molecule has 0 heterocycles. The molecule has 0 aliphatic rings.